The van der Waals surface area contributed by atoms with E-state index in [4.69, 9.17) is 0 Å². The van der Waals surface area contributed by atoms with Gasteiger partial charge in [0.1, 0.15) is 0 Å². The van der Waals surface area contributed by atoms with Gasteiger partial charge in [-0.3, -0.25) is 4.79 Å². The lowest BCUT2D eigenvalue weighted by Gasteiger charge is -2.11. The molecule has 2 rings (SSSR count). The van der Waals surface area contributed by atoms with Gasteiger partial charge in [-0.1, -0.05) is 32.4 Å². The van der Waals surface area contributed by atoms with Crippen molar-refractivity contribution < 1.29 is 4.79 Å². The third kappa shape index (κ3) is 3.72. The second-order valence-corrected chi connectivity index (χ2v) is 5.34. The first-order valence-electron chi connectivity index (χ1n) is 7.40. The molecule has 3 heteroatoms. The normalized spacial score (nSPS) is 20.9. The Hall–Kier alpha value is -1.51. The highest BCUT2D eigenvalue weighted by Crippen LogP contribution is 2.34. The zero-order valence-corrected chi connectivity index (χ0v) is 11.9. The molecule has 3 nitrogen and oxygen atoms in total. The molecule has 0 radical (unpaired) electrons. The Bertz CT molecular complexity index is 431. The summed E-state index contributed by atoms with van der Waals surface area (Å²) in [6, 6.07) is 8.14. The summed E-state index contributed by atoms with van der Waals surface area (Å²) in [7, 11) is 0. The zero-order chi connectivity index (χ0) is 13.7. The maximum Gasteiger partial charge on any atom is 0.253 e. The van der Waals surface area contributed by atoms with E-state index in [0.717, 1.165) is 30.6 Å². The van der Waals surface area contributed by atoms with Gasteiger partial charge < -0.3 is 10.6 Å². The molecule has 2 N–H and O–H groups in total. The molecule has 2 atom stereocenters. The van der Waals surface area contributed by atoms with E-state index in [9.17, 15) is 4.79 Å². The van der Waals surface area contributed by atoms with Crippen molar-refractivity contribution in [3.63, 3.8) is 0 Å². The standard InChI is InChI=1S/C16H24N2O/c1-3-7-12-11-15(12)18-16(19)13-8-5-6-9-14(13)17-10-4-2/h5-6,8-9,12,15,17H,3-4,7,10-11H2,1-2H3,(H,18,19). The van der Waals surface area contributed by atoms with Gasteiger partial charge in [0.05, 0.1) is 5.56 Å². The summed E-state index contributed by atoms with van der Waals surface area (Å²) < 4.78 is 0. The average Bonchev–Trinajstić information content (AvgIpc) is 3.15. The molecule has 19 heavy (non-hydrogen) atoms. The molecular weight excluding hydrogens is 236 g/mol. The Kier molecular flexibility index (Phi) is 4.83. The maximum atomic E-state index is 12.3. The lowest BCUT2D eigenvalue weighted by atomic mass is 10.1. The van der Waals surface area contributed by atoms with Crippen LogP contribution >= 0.6 is 0 Å². The number of carbonyl (C=O) groups is 1. The molecule has 0 heterocycles. The third-order valence-corrected chi connectivity index (χ3v) is 3.64. The predicted octanol–water partition coefficient (Wildman–Crippen LogP) is 3.43. The minimum atomic E-state index is 0.0582. The fourth-order valence-electron chi connectivity index (χ4n) is 2.46. The number of hydrogen-bond donors (Lipinski definition) is 2. The number of amides is 1. The number of carbonyl (C=O) groups excluding carboxylic acids is 1. The Morgan fingerprint density at radius 3 is 2.79 bits per heavy atom. The van der Waals surface area contributed by atoms with Crippen LogP contribution in [0.4, 0.5) is 5.69 Å². The molecule has 0 aliphatic heterocycles. The summed E-state index contributed by atoms with van der Waals surface area (Å²) in [6.07, 6.45) is 4.62. The molecule has 1 aromatic rings. The van der Waals surface area contributed by atoms with Crippen molar-refractivity contribution >= 4 is 11.6 Å². The minimum absolute atomic E-state index is 0.0582. The van der Waals surface area contributed by atoms with Crippen molar-refractivity contribution in [1.82, 2.24) is 5.32 Å². The Labute approximate surface area is 115 Å². The molecule has 0 aromatic heterocycles. The molecule has 1 aliphatic carbocycles. The van der Waals surface area contributed by atoms with Crippen LogP contribution in [0, 0.1) is 5.92 Å². The largest absolute Gasteiger partial charge is 0.384 e. The van der Waals surface area contributed by atoms with E-state index in [0.29, 0.717) is 12.0 Å². The van der Waals surface area contributed by atoms with Crippen LogP contribution in [0.2, 0.25) is 0 Å². The Morgan fingerprint density at radius 2 is 2.05 bits per heavy atom. The summed E-state index contributed by atoms with van der Waals surface area (Å²) in [5.41, 5.74) is 1.70. The van der Waals surface area contributed by atoms with Gasteiger partial charge in [-0.2, -0.15) is 0 Å². The summed E-state index contributed by atoms with van der Waals surface area (Å²) in [6.45, 7) is 5.21. The van der Waals surface area contributed by atoms with Gasteiger partial charge in [0.2, 0.25) is 0 Å². The first kappa shape index (κ1) is 13.9. The van der Waals surface area contributed by atoms with Crippen molar-refractivity contribution in [3.8, 4) is 0 Å². The molecule has 2 unspecified atom stereocenters. The van der Waals surface area contributed by atoms with Crippen molar-refractivity contribution in [2.24, 2.45) is 5.92 Å². The number of hydrogen-bond acceptors (Lipinski definition) is 2. The number of benzene rings is 1. The van der Waals surface area contributed by atoms with Gasteiger partial charge in [-0.05, 0) is 37.3 Å². The van der Waals surface area contributed by atoms with Crippen LogP contribution in [-0.4, -0.2) is 18.5 Å². The minimum Gasteiger partial charge on any atom is -0.384 e. The van der Waals surface area contributed by atoms with E-state index in [2.05, 4.69) is 24.5 Å². The fourth-order valence-corrected chi connectivity index (χ4v) is 2.46. The van der Waals surface area contributed by atoms with Crippen LogP contribution in [0.1, 0.15) is 49.9 Å². The molecule has 0 spiro atoms. The molecule has 1 saturated carbocycles. The first-order valence-corrected chi connectivity index (χ1v) is 7.40. The molecule has 0 bridgehead atoms. The highest BCUT2D eigenvalue weighted by molar-refractivity contribution is 5.99. The van der Waals surface area contributed by atoms with Crippen molar-refractivity contribution in [3.05, 3.63) is 29.8 Å². The zero-order valence-electron chi connectivity index (χ0n) is 11.9. The summed E-state index contributed by atoms with van der Waals surface area (Å²) in [5, 5.41) is 6.46. The second kappa shape index (κ2) is 6.60. The predicted molar refractivity (Wildman–Crippen MR) is 79.5 cm³/mol. The highest BCUT2D eigenvalue weighted by Gasteiger charge is 2.37. The van der Waals surface area contributed by atoms with Gasteiger partial charge in [-0.25, -0.2) is 0 Å². The van der Waals surface area contributed by atoms with E-state index in [1.54, 1.807) is 0 Å². The van der Waals surface area contributed by atoms with E-state index >= 15 is 0 Å². The Morgan fingerprint density at radius 1 is 1.26 bits per heavy atom. The summed E-state index contributed by atoms with van der Waals surface area (Å²) in [4.78, 5) is 12.3. The first-order chi connectivity index (χ1) is 9.26. The van der Waals surface area contributed by atoms with Crippen molar-refractivity contribution in [2.75, 3.05) is 11.9 Å². The molecule has 0 saturated heterocycles. The smallest absolute Gasteiger partial charge is 0.253 e. The molecule has 1 fully saturated rings. The van der Waals surface area contributed by atoms with Crippen LogP contribution < -0.4 is 10.6 Å². The van der Waals surface area contributed by atoms with Crippen LogP contribution in [0.5, 0.6) is 0 Å². The molecule has 1 aliphatic rings. The van der Waals surface area contributed by atoms with Crippen LogP contribution in [-0.2, 0) is 0 Å². The number of nitrogens with one attached hydrogen (secondary N) is 2. The topological polar surface area (TPSA) is 41.1 Å². The van der Waals surface area contributed by atoms with E-state index in [1.807, 2.05) is 24.3 Å². The van der Waals surface area contributed by atoms with Gasteiger partial charge in [-0.15, -0.1) is 0 Å². The van der Waals surface area contributed by atoms with Crippen LogP contribution in [0.3, 0.4) is 0 Å². The van der Waals surface area contributed by atoms with Gasteiger partial charge >= 0.3 is 0 Å². The van der Waals surface area contributed by atoms with Crippen LogP contribution in [0.15, 0.2) is 24.3 Å². The third-order valence-electron chi connectivity index (χ3n) is 3.64. The molecule has 104 valence electrons. The molecule has 1 amide bonds. The highest BCUT2D eigenvalue weighted by atomic mass is 16.1. The summed E-state index contributed by atoms with van der Waals surface area (Å²) in [5.74, 6) is 0.757. The quantitative estimate of drug-likeness (QED) is 0.788. The van der Waals surface area contributed by atoms with E-state index < -0.39 is 0 Å². The fraction of sp³-hybridized carbons (Fsp3) is 0.562. The molecule has 1 aromatic carbocycles. The maximum absolute atomic E-state index is 12.3. The monoisotopic (exact) mass is 260 g/mol. The van der Waals surface area contributed by atoms with Gasteiger partial charge in [0.15, 0.2) is 0 Å². The summed E-state index contributed by atoms with van der Waals surface area (Å²) >= 11 is 0. The van der Waals surface area contributed by atoms with Gasteiger partial charge in [0, 0.05) is 18.3 Å². The number of anilines is 1. The van der Waals surface area contributed by atoms with Gasteiger partial charge in [0.25, 0.3) is 5.91 Å². The van der Waals surface area contributed by atoms with E-state index in [1.165, 1.54) is 12.8 Å². The van der Waals surface area contributed by atoms with Crippen molar-refractivity contribution in [2.45, 2.75) is 45.6 Å². The average molecular weight is 260 g/mol. The number of para-hydroxylation sites is 1. The lowest BCUT2D eigenvalue weighted by Crippen LogP contribution is -2.27. The molecular formula is C16H24N2O. The van der Waals surface area contributed by atoms with Crippen molar-refractivity contribution in [1.29, 1.82) is 0 Å². The second-order valence-electron chi connectivity index (χ2n) is 5.34. The number of rotatable bonds is 7. The SMILES string of the molecule is CCCNc1ccccc1C(=O)NC1CC1CCC. The Balaban J connectivity index is 1.95. The van der Waals surface area contributed by atoms with Crippen LogP contribution in [0.25, 0.3) is 0 Å². The lowest BCUT2D eigenvalue weighted by molar-refractivity contribution is 0.0949. The van der Waals surface area contributed by atoms with E-state index in [-0.39, 0.29) is 5.91 Å².